The third-order valence-corrected chi connectivity index (χ3v) is 2.34. The lowest BCUT2D eigenvalue weighted by Crippen LogP contribution is -2.10. The maximum Gasteiger partial charge on any atom is 0.416 e. The number of aryl methyl sites for hydroxylation is 1. The first kappa shape index (κ1) is 12.4. The Kier molecular flexibility index (Phi) is 2.98. The van der Waals surface area contributed by atoms with Crippen molar-refractivity contribution in [2.75, 3.05) is 12.4 Å². The predicted octanol–water partition coefficient (Wildman–Crippen LogP) is 2.64. The molecule has 0 aliphatic rings. The molecule has 2 aromatic rings. The van der Waals surface area contributed by atoms with Gasteiger partial charge in [0.05, 0.1) is 11.8 Å². The molecule has 0 amide bonds. The number of hydrogen-bond acceptors (Lipinski definition) is 3. The molecule has 18 heavy (non-hydrogen) atoms. The van der Waals surface area contributed by atoms with Crippen LogP contribution in [-0.2, 0) is 6.18 Å². The van der Waals surface area contributed by atoms with Crippen molar-refractivity contribution in [1.82, 2.24) is 14.8 Å². The van der Waals surface area contributed by atoms with E-state index in [-0.39, 0.29) is 11.6 Å². The van der Waals surface area contributed by atoms with Crippen LogP contribution in [0.2, 0.25) is 0 Å². The molecule has 2 rings (SSSR count). The van der Waals surface area contributed by atoms with E-state index < -0.39 is 11.7 Å². The van der Waals surface area contributed by atoms with Crippen LogP contribution in [0.5, 0.6) is 0 Å². The average Bonchev–Trinajstić information content (AvgIpc) is 2.74. The number of anilines is 1. The second-order valence-corrected chi connectivity index (χ2v) is 3.81. The Morgan fingerprint density at radius 1 is 1.28 bits per heavy atom. The molecule has 1 N–H and O–H groups in total. The van der Waals surface area contributed by atoms with Crippen molar-refractivity contribution in [2.24, 2.45) is 0 Å². The number of rotatable bonds is 2. The largest absolute Gasteiger partial charge is 0.416 e. The van der Waals surface area contributed by atoms with E-state index in [1.54, 1.807) is 19.3 Å². The maximum absolute atomic E-state index is 12.7. The molecule has 0 radical (unpaired) electrons. The van der Waals surface area contributed by atoms with Crippen molar-refractivity contribution in [3.8, 4) is 5.82 Å². The number of halogens is 3. The van der Waals surface area contributed by atoms with Crippen LogP contribution < -0.4 is 5.32 Å². The number of alkyl halides is 3. The number of aromatic nitrogens is 3. The molecule has 0 spiro atoms. The Morgan fingerprint density at radius 2 is 2.00 bits per heavy atom. The third-order valence-electron chi connectivity index (χ3n) is 2.34. The molecular formula is C11H11F3N4. The van der Waals surface area contributed by atoms with Gasteiger partial charge in [0.25, 0.3) is 0 Å². The Labute approximate surface area is 101 Å². The second kappa shape index (κ2) is 4.32. The molecular weight excluding hydrogens is 245 g/mol. The zero-order chi connectivity index (χ0) is 13.3. The summed E-state index contributed by atoms with van der Waals surface area (Å²) in [4.78, 5) is 4.04. The molecule has 0 aromatic carbocycles. The molecule has 0 unspecified atom stereocenters. The summed E-state index contributed by atoms with van der Waals surface area (Å²) in [5, 5.41) is 6.55. The first-order valence-electron chi connectivity index (χ1n) is 5.19. The van der Waals surface area contributed by atoms with Gasteiger partial charge in [-0.1, -0.05) is 0 Å². The summed E-state index contributed by atoms with van der Waals surface area (Å²) in [6.07, 6.45) is -1.24. The summed E-state index contributed by atoms with van der Waals surface area (Å²) in [5.74, 6) is 0.273. The van der Waals surface area contributed by atoms with Crippen molar-refractivity contribution in [3.63, 3.8) is 0 Å². The minimum Gasteiger partial charge on any atom is -0.373 e. The van der Waals surface area contributed by atoms with Gasteiger partial charge in [-0.05, 0) is 24.6 Å². The number of pyridine rings is 1. The van der Waals surface area contributed by atoms with Gasteiger partial charge < -0.3 is 5.32 Å². The SMILES string of the molecule is CNc1cc(C(F)(F)F)cc(-n2cc(C)cn2)n1. The van der Waals surface area contributed by atoms with Gasteiger partial charge in [0.15, 0.2) is 5.82 Å². The van der Waals surface area contributed by atoms with Crippen molar-refractivity contribution in [3.05, 3.63) is 35.7 Å². The molecule has 0 saturated carbocycles. The molecule has 0 saturated heterocycles. The summed E-state index contributed by atoms with van der Waals surface area (Å²) in [5.41, 5.74) is 0.0882. The van der Waals surface area contributed by atoms with Crippen molar-refractivity contribution < 1.29 is 13.2 Å². The second-order valence-electron chi connectivity index (χ2n) is 3.81. The summed E-state index contributed by atoms with van der Waals surface area (Å²) in [6.45, 7) is 1.80. The van der Waals surface area contributed by atoms with Crippen molar-refractivity contribution in [2.45, 2.75) is 13.1 Å². The van der Waals surface area contributed by atoms with E-state index in [9.17, 15) is 13.2 Å². The smallest absolute Gasteiger partial charge is 0.373 e. The fourth-order valence-electron chi connectivity index (χ4n) is 1.46. The van der Waals surface area contributed by atoms with Crippen LogP contribution in [0, 0.1) is 6.92 Å². The van der Waals surface area contributed by atoms with E-state index in [1.807, 2.05) is 0 Å². The van der Waals surface area contributed by atoms with E-state index in [1.165, 1.54) is 11.7 Å². The molecule has 2 aromatic heterocycles. The Bertz CT molecular complexity index is 560. The van der Waals surface area contributed by atoms with Gasteiger partial charge in [-0.3, -0.25) is 0 Å². The molecule has 2 heterocycles. The van der Waals surface area contributed by atoms with Gasteiger partial charge in [0.1, 0.15) is 5.82 Å². The molecule has 0 bridgehead atoms. The zero-order valence-corrected chi connectivity index (χ0v) is 9.78. The lowest BCUT2D eigenvalue weighted by molar-refractivity contribution is -0.137. The number of nitrogens with zero attached hydrogens (tertiary/aromatic N) is 3. The first-order chi connectivity index (χ1) is 8.40. The Morgan fingerprint density at radius 3 is 2.50 bits per heavy atom. The lowest BCUT2D eigenvalue weighted by atomic mass is 10.2. The minimum atomic E-state index is -4.41. The van der Waals surface area contributed by atoms with E-state index in [4.69, 9.17) is 0 Å². The van der Waals surface area contributed by atoms with Crippen molar-refractivity contribution in [1.29, 1.82) is 0 Å². The summed E-state index contributed by atoms with van der Waals surface area (Å²) in [7, 11) is 1.51. The molecule has 0 aliphatic heterocycles. The van der Waals surface area contributed by atoms with Crippen molar-refractivity contribution >= 4 is 5.82 Å². The molecule has 7 heteroatoms. The fraction of sp³-hybridized carbons (Fsp3) is 0.273. The Hall–Kier alpha value is -2.05. The van der Waals surface area contributed by atoms with Crippen LogP contribution in [0.15, 0.2) is 24.5 Å². The Balaban J connectivity index is 2.54. The van der Waals surface area contributed by atoms with Crippen LogP contribution in [0.1, 0.15) is 11.1 Å². The molecule has 0 aliphatic carbocycles. The minimum absolute atomic E-state index is 0.127. The summed E-state index contributed by atoms with van der Waals surface area (Å²) < 4.78 is 39.5. The summed E-state index contributed by atoms with van der Waals surface area (Å²) >= 11 is 0. The first-order valence-corrected chi connectivity index (χ1v) is 5.19. The zero-order valence-electron chi connectivity index (χ0n) is 9.78. The number of nitrogens with one attached hydrogen (secondary N) is 1. The van der Waals surface area contributed by atoms with E-state index in [0.717, 1.165) is 17.7 Å². The molecule has 96 valence electrons. The predicted molar refractivity (Wildman–Crippen MR) is 60.6 cm³/mol. The van der Waals surface area contributed by atoms with E-state index in [0.29, 0.717) is 0 Å². The third kappa shape index (κ3) is 2.44. The molecule has 0 fully saturated rings. The van der Waals surface area contributed by atoms with Crippen LogP contribution in [0.4, 0.5) is 19.0 Å². The van der Waals surface area contributed by atoms with Gasteiger partial charge >= 0.3 is 6.18 Å². The van der Waals surface area contributed by atoms with Crippen LogP contribution in [-0.4, -0.2) is 21.8 Å². The lowest BCUT2D eigenvalue weighted by Gasteiger charge is -2.11. The fourth-order valence-corrected chi connectivity index (χ4v) is 1.46. The highest BCUT2D eigenvalue weighted by molar-refractivity contribution is 5.44. The highest BCUT2D eigenvalue weighted by atomic mass is 19.4. The van der Waals surface area contributed by atoms with Gasteiger partial charge in [-0.2, -0.15) is 18.3 Å². The van der Waals surface area contributed by atoms with Gasteiger partial charge in [-0.25, -0.2) is 9.67 Å². The molecule has 4 nitrogen and oxygen atoms in total. The van der Waals surface area contributed by atoms with Gasteiger partial charge in [-0.15, -0.1) is 0 Å². The van der Waals surface area contributed by atoms with Crippen LogP contribution in [0.25, 0.3) is 5.82 Å². The standard InChI is InChI=1S/C11H11F3N4/c1-7-5-16-18(6-7)10-4-8(11(12,13)14)3-9(15-2)17-10/h3-6H,1-2H3,(H,15,17). The van der Waals surface area contributed by atoms with Gasteiger partial charge in [0, 0.05) is 13.2 Å². The maximum atomic E-state index is 12.7. The monoisotopic (exact) mass is 256 g/mol. The van der Waals surface area contributed by atoms with Gasteiger partial charge in [0.2, 0.25) is 0 Å². The van der Waals surface area contributed by atoms with E-state index in [2.05, 4.69) is 15.4 Å². The topological polar surface area (TPSA) is 42.7 Å². The average molecular weight is 256 g/mol. The molecule has 0 atom stereocenters. The normalized spacial score (nSPS) is 11.6. The van der Waals surface area contributed by atoms with E-state index >= 15 is 0 Å². The summed E-state index contributed by atoms with van der Waals surface area (Å²) in [6, 6.07) is 1.92. The number of hydrogen-bond donors (Lipinski definition) is 1. The quantitative estimate of drug-likeness (QED) is 0.898. The highest BCUT2D eigenvalue weighted by Gasteiger charge is 2.31. The highest BCUT2D eigenvalue weighted by Crippen LogP contribution is 2.31. The van der Waals surface area contributed by atoms with Crippen LogP contribution >= 0.6 is 0 Å². The van der Waals surface area contributed by atoms with Crippen LogP contribution in [0.3, 0.4) is 0 Å².